The first-order chi connectivity index (χ1) is 9.73. The lowest BCUT2D eigenvalue weighted by Gasteiger charge is -2.24. The molecule has 0 saturated heterocycles. The highest BCUT2D eigenvalue weighted by Crippen LogP contribution is 2.29. The highest BCUT2D eigenvalue weighted by molar-refractivity contribution is 6.76. The number of esters is 2. The van der Waals surface area contributed by atoms with Gasteiger partial charge in [0.2, 0.25) is 0 Å². The quantitative estimate of drug-likeness (QED) is 0.339. The predicted octanol–water partition coefficient (Wildman–Crippen LogP) is 2.46. The minimum atomic E-state index is -1.46. The van der Waals surface area contributed by atoms with E-state index in [2.05, 4.69) is 43.3 Å². The Morgan fingerprint density at radius 3 is 1.81 bits per heavy atom. The lowest BCUT2D eigenvalue weighted by molar-refractivity contribution is -0.168. The molecule has 0 N–H and O–H groups in total. The van der Waals surface area contributed by atoms with Crippen LogP contribution >= 0.6 is 0 Å². The number of ether oxygens (including phenoxy) is 2. The molecule has 0 heterocycles. The molecule has 0 aromatic carbocycles. The van der Waals surface area contributed by atoms with Gasteiger partial charge in [0.05, 0.1) is 22.3 Å². The molecule has 0 spiro atoms. The molecule has 0 aromatic heterocycles. The summed E-state index contributed by atoms with van der Waals surface area (Å²) in [5.41, 5.74) is -1.46. The monoisotopic (exact) mass is 308 g/mol. The van der Waals surface area contributed by atoms with Crippen LogP contribution in [0.3, 0.4) is 0 Å². The van der Waals surface area contributed by atoms with Gasteiger partial charge in [-0.1, -0.05) is 19.6 Å². The zero-order valence-electron chi connectivity index (χ0n) is 13.8. The van der Waals surface area contributed by atoms with Gasteiger partial charge in [-0.05, 0) is 6.92 Å². The Kier molecular flexibility index (Phi) is 7.84. The number of hydrogen-bond donors (Lipinski definition) is 0. The van der Waals surface area contributed by atoms with Gasteiger partial charge in [0.25, 0.3) is 0 Å². The maximum atomic E-state index is 12.1. The number of methoxy groups -OCH3 is 2. The van der Waals surface area contributed by atoms with E-state index in [1.807, 2.05) is 0 Å². The predicted molar refractivity (Wildman–Crippen MR) is 85.1 cm³/mol. The van der Waals surface area contributed by atoms with Gasteiger partial charge in [-0.25, -0.2) is 0 Å². The van der Waals surface area contributed by atoms with Crippen LogP contribution in [0.5, 0.6) is 0 Å². The summed E-state index contributed by atoms with van der Waals surface area (Å²) < 4.78 is 9.53. The largest absolute Gasteiger partial charge is 0.468 e. The molecule has 0 saturated carbocycles. The molecule has 5 heteroatoms. The van der Waals surface area contributed by atoms with Crippen LogP contribution in [0.1, 0.15) is 19.8 Å². The molecule has 0 unspecified atom stereocenters. The van der Waals surface area contributed by atoms with E-state index in [0.29, 0.717) is 0 Å². The SMILES string of the molecule is CC#CCC(CC#CC[Si](C)(C)C)(C(=O)OC)C(=O)OC. The van der Waals surface area contributed by atoms with Gasteiger partial charge in [-0.2, -0.15) is 0 Å². The molecule has 21 heavy (non-hydrogen) atoms. The van der Waals surface area contributed by atoms with Crippen molar-refractivity contribution in [3.8, 4) is 23.7 Å². The first kappa shape index (κ1) is 19.3. The highest BCUT2D eigenvalue weighted by atomic mass is 28.3. The summed E-state index contributed by atoms with van der Waals surface area (Å²) in [5, 5.41) is 0. The van der Waals surface area contributed by atoms with Crippen LogP contribution in [-0.2, 0) is 19.1 Å². The highest BCUT2D eigenvalue weighted by Gasteiger charge is 2.47. The third-order valence-electron chi connectivity index (χ3n) is 2.85. The van der Waals surface area contributed by atoms with Crippen LogP contribution < -0.4 is 0 Å². The smallest absolute Gasteiger partial charge is 0.325 e. The lowest BCUT2D eigenvalue weighted by Crippen LogP contribution is -2.40. The summed E-state index contributed by atoms with van der Waals surface area (Å²) in [5.74, 6) is 10.1. The molecule has 116 valence electrons. The Morgan fingerprint density at radius 2 is 1.43 bits per heavy atom. The molecule has 0 atom stereocenters. The molecule has 0 aliphatic rings. The van der Waals surface area contributed by atoms with Gasteiger partial charge in [0.1, 0.15) is 0 Å². The zero-order valence-corrected chi connectivity index (χ0v) is 14.8. The van der Waals surface area contributed by atoms with Crippen molar-refractivity contribution in [2.45, 2.75) is 45.5 Å². The number of carbonyl (C=O) groups excluding carboxylic acids is 2. The van der Waals surface area contributed by atoms with Crippen LogP contribution in [-0.4, -0.2) is 34.2 Å². The summed E-state index contributed by atoms with van der Waals surface area (Å²) in [4.78, 5) is 24.2. The number of rotatable bonds is 5. The fourth-order valence-corrected chi connectivity index (χ4v) is 2.26. The first-order valence-electron chi connectivity index (χ1n) is 6.75. The Hall–Kier alpha value is -1.72. The Morgan fingerprint density at radius 1 is 0.952 bits per heavy atom. The molecular weight excluding hydrogens is 284 g/mol. The van der Waals surface area contributed by atoms with Crippen LogP contribution in [0.15, 0.2) is 0 Å². The standard InChI is InChI=1S/C16H24O4Si/c1-7-8-11-16(14(17)19-2,15(18)20-3)12-9-10-13-21(4,5)6/h11-13H2,1-6H3. The van der Waals surface area contributed by atoms with Crippen LogP contribution in [0.25, 0.3) is 0 Å². The second-order valence-electron chi connectivity index (χ2n) is 5.94. The summed E-state index contributed by atoms with van der Waals surface area (Å²) in [6.45, 7) is 8.27. The molecule has 0 aromatic rings. The van der Waals surface area contributed by atoms with Gasteiger partial charge in [-0.15, -0.1) is 23.7 Å². The molecule has 0 bridgehead atoms. The maximum Gasteiger partial charge on any atom is 0.325 e. The van der Waals surface area contributed by atoms with Crippen molar-refractivity contribution in [3.63, 3.8) is 0 Å². The molecule has 0 aliphatic heterocycles. The first-order valence-corrected chi connectivity index (χ1v) is 10.5. The fourth-order valence-electron chi connectivity index (χ4n) is 1.61. The average molecular weight is 308 g/mol. The maximum absolute atomic E-state index is 12.1. The van der Waals surface area contributed by atoms with Crippen molar-refractivity contribution in [2.24, 2.45) is 5.41 Å². The van der Waals surface area contributed by atoms with E-state index in [1.165, 1.54) is 14.2 Å². The van der Waals surface area contributed by atoms with Crippen LogP contribution in [0.4, 0.5) is 0 Å². The van der Waals surface area contributed by atoms with E-state index in [9.17, 15) is 9.59 Å². The average Bonchev–Trinajstić information content (AvgIpc) is 2.44. The van der Waals surface area contributed by atoms with Crippen molar-refractivity contribution >= 4 is 20.0 Å². The van der Waals surface area contributed by atoms with Crippen molar-refractivity contribution < 1.29 is 19.1 Å². The van der Waals surface area contributed by atoms with E-state index >= 15 is 0 Å². The van der Waals surface area contributed by atoms with Crippen LogP contribution in [0, 0.1) is 29.1 Å². The Balaban J connectivity index is 5.39. The van der Waals surface area contributed by atoms with Gasteiger partial charge >= 0.3 is 11.9 Å². The molecule has 4 nitrogen and oxygen atoms in total. The number of carbonyl (C=O) groups is 2. The summed E-state index contributed by atoms with van der Waals surface area (Å²) in [6.07, 6.45) is 0.107. The molecule has 0 amide bonds. The van der Waals surface area contributed by atoms with Gasteiger partial charge in [-0.3, -0.25) is 9.59 Å². The van der Waals surface area contributed by atoms with Crippen molar-refractivity contribution in [1.82, 2.24) is 0 Å². The van der Waals surface area contributed by atoms with E-state index in [1.54, 1.807) is 6.92 Å². The number of hydrogen-bond acceptors (Lipinski definition) is 4. The Labute approximate surface area is 128 Å². The van der Waals surface area contributed by atoms with E-state index in [4.69, 9.17) is 9.47 Å². The topological polar surface area (TPSA) is 52.6 Å². The van der Waals surface area contributed by atoms with Crippen molar-refractivity contribution in [1.29, 1.82) is 0 Å². The third-order valence-corrected chi connectivity index (χ3v) is 4.09. The molecule has 0 rings (SSSR count). The lowest BCUT2D eigenvalue weighted by atomic mass is 9.81. The summed E-state index contributed by atoms with van der Waals surface area (Å²) in [6, 6.07) is 0.810. The second-order valence-corrected chi connectivity index (χ2v) is 11.4. The summed E-state index contributed by atoms with van der Waals surface area (Å²) in [7, 11) is 1.21. The molecule has 0 radical (unpaired) electrons. The summed E-state index contributed by atoms with van der Waals surface area (Å²) >= 11 is 0. The molecule has 0 fully saturated rings. The van der Waals surface area contributed by atoms with Crippen molar-refractivity contribution in [3.05, 3.63) is 0 Å². The minimum absolute atomic E-state index is 0.0461. The third kappa shape index (κ3) is 6.06. The van der Waals surface area contributed by atoms with Crippen LogP contribution in [0.2, 0.25) is 25.7 Å². The zero-order chi connectivity index (χ0) is 16.5. The van der Waals surface area contributed by atoms with Crippen molar-refractivity contribution in [2.75, 3.05) is 14.2 Å². The van der Waals surface area contributed by atoms with Gasteiger partial charge < -0.3 is 9.47 Å². The van der Waals surface area contributed by atoms with E-state index in [0.717, 1.165) is 6.04 Å². The molecule has 0 aliphatic carbocycles. The van der Waals surface area contributed by atoms with E-state index < -0.39 is 25.4 Å². The van der Waals surface area contributed by atoms with Gasteiger partial charge in [0.15, 0.2) is 5.41 Å². The second kappa shape index (κ2) is 8.54. The Bertz CT molecular complexity index is 478. The minimum Gasteiger partial charge on any atom is -0.468 e. The van der Waals surface area contributed by atoms with Gasteiger partial charge in [0, 0.05) is 18.9 Å². The fraction of sp³-hybridized carbons (Fsp3) is 0.625. The van der Waals surface area contributed by atoms with E-state index in [-0.39, 0.29) is 12.8 Å². The molecular formula is C16H24O4Si. The normalized spacial score (nSPS) is 10.6.